The number of aryl methyl sites for hydroxylation is 1. The van der Waals surface area contributed by atoms with Crippen molar-refractivity contribution in [1.82, 2.24) is 9.97 Å². The lowest BCUT2D eigenvalue weighted by Crippen LogP contribution is -2.11. The van der Waals surface area contributed by atoms with Crippen molar-refractivity contribution in [1.29, 1.82) is 0 Å². The van der Waals surface area contributed by atoms with E-state index >= 15 is 0 Å². The third-order valence-corrected chi connectivity index (χ3v) is 3.67. The minimum absolute atomic E-state index is 0.163. The number of nitrogens with zero attached hydrogens (tertiary/aromatic N) is 2. The van der Waals surface area contributed by atoms with Crippen molar-refractivity contribution in [3.63, 3.8) is 0 Å². The van der Waals surface area contributed by atoms with Crippen LogP contribution in [0.2, 0.25) is 0 Å². The third-order valence-electron chi connectivity index (χ3n) is 2.82. The number of hydrogen-bond donors (Lipinski definition) is 2. The predicted octanol–water partition coefficient (Wildman–Crippen LogP) is 2.83. The number of rotatable bonds is 2. The molecule has 0 atom stereocenters. The highest BCUT2D eigenvalue weighted by atomic mass is 32.1. The Morgan fingerprint density at radius 1 is 1.30 bits per heavy atom. The van der Waals surface area contributed by atoms with Crippen molar-refractivity contribution in [3.8, 4) is 0 Å². The Hall–Kier alpha value is -2.47. The van der Waals surface area contributed by atoms with Crippen molar-refractivity contribution in [2.24, 2.45) is 0 Å². The van der Waals surface area contributed by atoms with Crippen LogP contribution in [0.3, 0.4) is 0 Å². The van der Waals surface area contributed by atoms with Gasteiger partial charge in [-0.3, -0.25) is 9.78 Å². The Morgan fingerprint density at radius 3 is 2.95 bits per heavy atom. The zero-order valence-corrected chi connectivity index (χ0v) is 11.6. The highest BCUT2D eigenvalue weighted by Crippen LogP contribution is 2.24. The molecule has 0 saturated heterocycles. The smallest absolute Gasteiger partial charge is 0.255 e. The Bertz CT molecular complexity index is 797. The van der Waals surface area contributed by atoms with E-state index < -0.39 is 0 Å². The quantitative estimate of drug-likeness (QED) is 0.758. The first kappa shape index (κ1) is 12.6. The zero-order chi connectivity index (χ0) is 14.1. The largest absolute Gasteiger partial charge is 0.375 e. The number of aromatic nitrogens is 2. The monoisotopic (exact) mass is 284 g/mol. The fourth-order valence-corrected chi connectivity index (χ4v) is 2.68. The fourth-order valence-electron chi connectivity index (χ4n) is 1.91. The maximum Gasteiger partial charge on any atom is 0.255 e. The molecule has 1 amide bonds. The molecule has 2 aromatic heterocycles. The van der Waals surface area contributed by atoms with E-state index in [9.17, 15) is 4.79 Å². The maximum atomic E-state index is 12.2. The molecule has 0 aliphatic heterocycles. The Balaban J connectivity index is 1.88. The van der Waals surface area contributed by atoms with E-state index in [1.165, 1.54) is 11.3 Å². The normalized spacial score (nSPS) is 10.7. The van der Waals surface area contributed by atoms with Crippen LogP contribution >= 0.6 is 11.3 Å². The van der Waals surface area contributed by atoms with E-state index in [1.54, 1.807) is 30.5 Å². The zero-order valence-electron chi connectivity index (χ0n) is 10.8. The maximum absolute atomic E-state index is 12.2. The number of carbonyl (C=O) groups excluding carboxylic acids is 1. The summed E-state index contributed by atoms with van der Waals surface area (Å²) in [5.41, 5.74) is 8.63. The van der Waals surface area contributed by atoms with E-state index in [0.29, 0.717) is 10.7 Å². The number of carbonyl (C=O) groups is 1. The van der Waals surface area contributed by atoms with Gasteiger partial charge in [-0.15, -0.1) is 0 Å². The third kappa shape index (κ3) is 2.46. The molecule has 3 aromatic rings. The van der Waals surface area contributed by atoms with Gasteiger partial charge in [-0.1, -0.05) is 11.3 Å². The second-order valence-corrected chi connectivity index (χ2v) is 5.44. The molecule has 0 fully saturated rings. The Kier molecular flexibility index (Phi) is 3.08. The van der Waals surface area contributed by atoms with E-state index in [2.05, 4.69) is 15.3 Å². The number of hydrogen-bond acceptors (Lipinski definition) is 5. The van der Waals surface area contributed by atoms with Crippen LogP contribution in [0, 0.1) is 6.92 Å². The van der Waals surface area contributed by atoms with Gasteiger partial charge in [0.2, 0.25) is 0 Å². The highest BCUT2D eigenvalue weighted by Gasteiger charge is 2.09. The van der Waals surface area contributed by atoms with Crippen molar-refractivity contribution in [2.75, 3.05) is 11.1 Å². The molecule has 6 heteroatoms. The molecule has 0 radical (unpaired) electrons. The standard InChI is InChI=1S/C14H12N4OS/c1-8-6-10(4-5-16-8)17-13(19)9-2-3-11-12(7-9)20-14(15)18-11/h2-7H,1H3,(H2,15,18)(H,16,17,19). The lowest BCUT2D eigenvalue weighted by Gasteiger charge is -2.05. The van der Waals surface area contributed by atoms with E-state index in [1.807, 2.05) is 13.0 Å². The van der Waals surface area contributed by atoms with Gasteiger partial charge in [-0.05, 0) is 37.3 Å². The number of benzene rings is 1. The minimum Gasteiger partial charge on any atom is -0.375 e. The molecule has 3 N–H and O–H groups in total. The topological polar surface area (TPSA) is 80.9 Å². The summed E-state index contributed by atoms with van der Waals surface area (Å²) in [7, 11) is 0. The molecular formula is C14H12N4OS. The van der Waals surface area contributed by atoms with Crippen molar-refractivity contribution in [2.45, 2.75) is 6.92 Å². The van der Waals surface area contributed by atoms with Gasteiger partial charge in [0, 0.05) is 23.1 Å². The van der Waals surface area contributed by atoms with Gasteiger partial charge in [-0.25, -0.2) is 4.98 Å². The molecule has 0 aliphatic rings. The van der Waals surface area contributed by atoms with Crippen molar-refractivity contribution < 1.29 is 4.79 Å². The molecular weight excluding hydrogens is 272 g/mol. The SMILES string of the molecule is Cc1cc(NC(=O)c2ccc3nc(N)sc3c2)ccn1. The first-order chi connectivity index (χ1) is 9.61. The molecule has 1 aromatic carbocycles. The van der Waals surface area contributed by atoms with Crippen LogP contribution in [0.25, 0.3) is 10.2 Å². The summed E-state index contributed by atoms with van der Waals surface area (Å²) >= 11 is 1.37. The van der Waals surface area contributed by atoms with E-state index in [0.717, 1.165) is 21.6 Å². The summed E-state index contributed by atoms with van der Waals surface area (Å²) in [6.45, 7) is 1.88. The van der Waals surface area contributed by atoms with E-state index in [-0.39, 0.29) is 5.91 Å². The number of nitrogen functional groups attached to an aromatic ring is 1. The second-order valence-electron chi connectivity index (χ2n) is 4.37. The molecule has 20 heavy (non-hydrogen) atoms. The first-order valence-electron chi connectivity index (χ1n) is 6.02. The van der Waals surface area contributed by atoms with Crippen LogP contribution in [-0.2, 0) is 0 Å². The van der Waals surface area contributed by atoms with E-state index in [4.69, 9.17) is 5.73 Å². The lowest BCUT2D eigenvalue weighted by molar-refractivity contribution is 0.102. The van der Waals surface area contributed by atoms with Gasteiger partial charge in [-0.2, -0.15) is 0 Å². The molecule has 0 unspecified atom stereocenters. The molecule has 100 valence electrons. The number of thiazole rings is 1. The van der Waals surface area contributed by atoms with Crippen LogP contribution in [-0.4, -0.2) is 15.9 Å². The number of fused-ring (bicyclic) bond motifs is 1. The van der Waals surface area contributed by atoms with Crippen molar-refractivity contribution in [3.05, 3.63) is 47.8 Å². The van der Waals surface area contributed by atoms with Gasteiger partial charge in [0.05, 0.1) is 10.2 Å². The summed E-state index contributed by atoms with van der Waals surface area (Å²) in [6, 6.07) is 8.92. The van der Waals surface area contributed by atoms with Gasteiger partial charge in [0.25, 0.3) is 5.91 Å². The number of amides is 1. The Labute approximate surface area is 119 Å². The molecule has 3 rings (SSSR count). The molecule has 0 saturated carbocycles. The summed E-state index contributed by atoms with van der Waals surface area (Å²) in [5, 5.41) is 3.35. The number of pyridine rings is 1. The van der Waals surface area contributed by atoms with Crippen LogP contribution in [0.15, 0.2) is 36.5 Å². The lowest BCUT2D eigenvalue weighted by atomic mass is 10.2. The van der Waals surface area contributed by atoms with Gasteiger partial charge >= 0.3 is 0 Å². The summed E-state index contributed by atoms with van der Waals surface area (Å²) in [4.78, 5) is 20.5. The highest BCUT2D eigenvalue weighted by molar-refractivity contribution is 7.22. The van der Waals surface area contributed by atoms with Gasteiger partial charge in [0.1, 0.15) is 0 Å². The van der Waals surface area contributed by atoms with Crippen LogP contribution in [0.1, 0.15) is 16.1 Å². The number of nitrogens with two attached hydrogens (primary N) is 1. The first-order valence-corrected chi connectivity index (χ1v) is 6.83. The second kappa shape index (κ2) is 4.90. The summed E-state index contributed by atoms with van der Waals surface area (Å²) < 4.78 is 0.904. The van der Waals surface area contributed by atoms with Gasteiger partial charge < -0.3 is 11.1 Å². The van der Waals surface area contributed by atoms with Crippen LogP contribution in [0.4, 0.5) is 10.8 Å². The predicted molar refractivity (Wildman–Crippen MR) is 81.0 cm³/mol. The molecule has 0 bridgehead atoms. The molecule has 5 nitrogen and oxygen atoms in total. The van der Waals surface area contributed by atoms with Crippen LogP contribution in [0.5, 0.6) is 0 Å². The van der Waals surface area contributed by atoms with Crippen LogP contribution < -0.4 is 11.1 Å². The Morgan fingerprint density at radius 2 is 2.15 bits per heavy atom. The number of anilines is 2. The van der Waals surface area contributed by atoms with Gasteiger partial charge in [0.15, 0.2) is 5.13 Å². The fraction of sp³-hybridized carbons (Fsp3) is 0.0714. The minimum atomic E-state index is -0.163. The summed E-state index contributed by atoms with van der Waals surface area (Å²) in [6.07, 6.45) is 1.66. The molecule has 2 heterocycles. The summed E-state index contributed by atoms with van der Waals surface area (Å²) in [5.74, 6) is -0.163. The molecule has 0 spiro atoms. The molecule has 0 aliphatic carbocycles. The number of nitrogens with one attached hydrogen (secondary N) is 1. The average molecular weight is 284 g/mol. The average Bonchev–Trinajstić information content (AvgIpc) is 2.77. The van der Waals surface area contributed by atoms with Crippen molar-refractivity contribution >= 4 is 38.3 Å².